The van der Waals surface area contributed by atoms with Crippen LogP contribution in [-0.4, -0.2) is 44.9 Å². The highest BCUT2D eigenvalue weighted by molar-refractivity contribution is 7.91. The van der Waals surface area contributed by atoms with Crippen molar-refractivity contribution in [2.75, 3.05) is 26.2 Å². The number of benzene rings is 1. The van der Waals surface area contributed by atoms with Gasteiger partial charge >= 0.3 is 0 Å². The fraction of sp³-hybridized carbons (Fsp3) is 0.421. The number of ether oxygens (including phenoxy) is 1. The van der Waals surface area contributed by atoms with E-state index >= 15 is 0 Å². The fourth-order valence-electron chi connectivity index (χ4n) is 3.05. The molecule has 6 nitrogen and oxygen atoms in total. The van der Waals surface area contributed by atoms with E-state index in [0.29, 0.717) is 49.9 Å². The van der Waals surface area contributed by atoms with Crippen LogP contribution in [0.15, 0.2) is 52.1 Å². The summed E-state index contributed by atoms with van der Waals surface area (Å²) in [6, 6.07) is 13.2. The van der Waals surface area contributed by atoms with Crippen molar-refractivity contribution in [1.82, 2.24) is 9.62 Å². The van der Waals surface area contributed by atoms with E-state index in [1.54, 1.807) is 17.5 Å². The first-order valence-electron chi connectivity index (χ1n) is 9.00. The second-order valence-corrected chi connectivity index (χ2v) is 9.55. The van der Waals surface area contributed by atoms with Crippen molar-refractivity contribution in [2.45, 2.75) is 23.7 Å². The average molecular weight is 409 g/mol. The monoisotopic (exact) mass is 408 g/mol. The molecule has 0 radical (unpaired) electrons. The van der Waals surface area contributed by atoms with E-state index in [2.05, 4.69) is 5.32 Å². The molecule has 1 aliphatic heterocycles. The third-order valence-electron chi connectivity index (χ3n) is 4.57. The number of nitrogens with one attached hydrogen (secondary N) is 1. The van der Waals surface area contributed by atoms with Gasteiger partial charge < -0.3 is 10.1 Å². The molecule has 1 aromatic carbocycles. The van der Waals surface area contributed by atoms with E-state index in [0.717, 1.165) is 5.56 Å². The topological polar surface area (TPSA) is 75.7 Å². The Morgan fingerprint density at radius 2 is 1.89 bits per heavy atom. The number of amides is 1. The Bertz CT molecular complexity index is 815. The Morgan fingerprint density at radius 1 is 1.15 bits per heavy atom. The summed E-state index contributed by atoms with van der Waals surface area (Å²) in [5.41, 5.74) is 1.10. The minimum atomic E-state index is -3.42. The molecule has 0 atom stereocenters. The number of hydrogen-bond acceptors (Lipinski definition) is 5. The molecule has 1 N–H and O–H groups in total. The Balaban J connectivity index is 1.36. The number of sulfonamides is 1. The molecule has 1 aromatic heterocycles. The van der Waals surface area contributed by atoms with Crippen LogP contribution < -0.4 is 5.32 Å². The van der Waals surface area contributed by atoms with Gasteiger partial charge in [-0.3, -0.25) is 4.79 Å². The largest absolute Gasteiger partial charge is 0.375 e. The van der Waals surface area contributed by atoms with Gasteiger partial charge in [0, 0.05) is 25.6 Å². The quantitative estimate of drug-likeness (QED) is 0.681. The zero-order valence-electron chi connectivity index (χ0n) is 15.0. The summed E-state index contributed by atoms with van der Waals surface area (Å²) >= 11 is 1.22. The van der Waals surface area contributed by atoms with Crippen molar-refractivity contribution in [3.05, 3.63) is 53.4 Å². The Kier molecular flexibility index (Phi) is 7.01. The molecule has 3 rings (SSSR count). The van der Waals surface area contributed by atoms with E-state index in [9.17, 15) is 13.2 Å². The number of nitrogens with zero attached hydrogens (tertiary/aromatic N) is 1. The lowest BCUT2D eigenvalue weighted by Crippen LogP contribution is -2.43. The summed E-state index contributed by atoms with van der Waals surface area (Å²) in [5, 5.41) is 4.65. The summed E-state index contributed by atoms with van der Waals surface area (Å²) in [6.45, 7) is 2.19. The van der Waals surface area contributed by atoms with Crippen LogP contribution in [0, 0.1) is 5.92 Å². The highest BCUT2D eigenvalue weighted by atomic mass is 32.2. The maximum atomic E-state index is 12.5. The molecule has 0 spiro atoms. The molecule has 1 aliphatic rings. The van der Waals surface area contributed by atoms with Crippen LogP contribution in [0.3, 0.4) is 0 Å². The maximum absolute atomic E-state index is 12.5. The molecule has 0 bridgehead atoms. The van der Waals surface area contributed by atoms with Gasteiger partial charge in [0.15, 0.2) is 0 Å². The average Bonchev–Trinajstić information content (AvgIpc) is 3.24. The molecule has 1 amide bonds. The predicted molar refractivity (Wildman–Crippen MR) is 105 cm³/mol. The summed E-state index contributed by atoms with van der Waals surface area (Å²) in [6.07, 6.45) is 1.09. The van der Waals surface area contributed by atoms with Gasteiger partial charge in [0.25, 0.3) is 10.0 Å². The molecular formula is C19H24N2O4S2. The van der Waals surface area contributed by atoms with E-state index in [1.807, 2.05) is 30.3 Å². The predicted octanol–water partition coefficient (Wildman–Crippen LogP) is 2.48. The first-order chi connectivity index (χ1) is 13.1. The van der Waals surface area contributed by atoms with Crippen LogP contribution in [0.2, 0.25) is 0 Å². The van der Waals surface area contributed by atoms with Crippen LogP contribution in [0.5, 0.6) is 0 Å². The van der Waals surface area contributed by atoms with Crippen molar-refractivity contribution in [2.24, 2.45) is 5.92 Å². The minimum Gasteiger partial charge on any atom is -0.375 e. The zero-order chi connectivity index (χ0) is 19.1. The maximum Gasteiger partial charge on any atom is 0.252 e. The summed E-state index contributed by atoms with van der Waals surface area (Å²) in [4.78, 5) is 12.3. The highest BCUT2D eigenvalue weighted by Gasteiger charge is 2.32. The van der Waals surface area contributed by atoms with Gasteiger partial charge in [0.1, 0.15) is 4.21 Å². The third-order valence-corrected chi connectivity index (χ3v) is 7.84. The van der Waals surface area contributed by atoms with E-state index in [1.165, 1.54) is 15.6 Å². The van der Waals surface area contributed by atoms with Gasteiger partial charge in [-0.05, 0) is 29.9 Å². The summed E-state index contributed by atoms with van der Waals surface area (Å²) < 4.78 is 32.4. The molecule has 0 saturated carbocycles. The van der Waals surface area contributed by atoms with Crippen LogP contribution in [-0.2, 0) is 26.2 Å². The Labute approximate surface area is 164 Å². The molecule has 0 unspecified atom stereocenters. The molecule has 8 heteroatoms. The SMILES string of the molecule is O=C(NCCOCc1ccccc1)C1CCN(S(=O)(=O)c2cccs2)CC1. The van der Waals surface area contributed by atoms with Crippen molar-refractivity contribution in [1.29, 1.82) is 0 Å². The van der Waals surface area contributed by atoms with Crippen molar-refractivity contribution in [3.8, 4) is 0 Å². The van der Waals surface area contributed by atoms with Crippen LogP contribution in [0.25, 0.3) is 0 Å². The molecule has 1 saturated heterocycles. The van der Waals surface area contributed by atoms with Gasteiger partial charge in [0.05, 0.1) is 13.2 Å². The van der Waals surface area contributed by atoms with Gasteiger partial charge in [-0.15, -0.1) is 11.3 Å². The molecule has 0 aliphatic carbocycles. The number of rotatable bonds is 8. The smallest absolute Gasteiger partial charge is 0.252 e. The van der Waals surface area contributed by atoms with Crippen LogP contribution in [0.1, 0.15) is 18.4 Å². The van der Waals surface area contributed by atoms with Crippen LogP contribution >= 0.6 is 11.3 Å². The molecular weight excluding hydrogens is 384 g/mol. The van der Waals surface area contributed by atoms with Crippen molar-refractivity contribution in [3.63, 3.8) is 0 Å². The zero-order valence-corrected chi connectivity index (χ0v) is 16.7. The lowest BCUT2D eigenvalue weighted by atomic mass is 9.97. The van der Waals surface area contributed by atoms with Crippen molar-refractivity contribution >= 4 is 27.3 Å². The number of carbonyl (C=O) groups is 1. The van der Waals surface area contributed by atoms with Crippen LogP contribution in [0.4, 0.5) is 0 Å². The lowest BCUT2D eigenvalue weighted by molar-refractivity contribution is -0.126. The first kappa shape index (κ1) is 20.0. The number of hydrogen-bond donors (Lipinski definition) is 1. The molecule has 2 aromatic rings. The number of piperidine rings is 1. The van der Waals surface area contributed by atoms with E-state index in [-0.39, 0.29) is 11.8 Å². The summed E-state index contributed by atoms with van der Waals surface area (Å²) in [7, 11) is -3.42. The van der Waals surface area contributed by atoms with E-state index < -0.39 is 10.0 Å². The first-order valence-corrected chi connectivity index (χ1v) is 11.3. The summed E-state index contributed by atoms with van der Waals surface area (Å²) in [5.74, 6) is -0.166. The highest BCUT2D eigenvalue weighted by Crippen LogP contribution is 2.26. The Hall–Kier alpha value is -1.74. The van der Waals surface area contributed by atoms with E-state index in [4.69, 9.17) is 4.74 Å². The molecule has 146 valence electrons. The van der Waals surface area contributed by atoms with Gasteiger partial charge in [-0.1, -0.05) is 36.4 Å². The molecule has 2 heterocycles. The van der Waals surface area contributed by atoms with Gasteiger partial charge in [0.2, 0.25) is 5.91 Å². The second kappa shape index (κ2) is 9.45. The second-order valence-electron chi connectivity index (χ2n) is 6.44. The number of carbonyl (C=O) groups excluding carboxylic acids is 1. The third kappa shape index (κ3) is 5.38. The molecule has 27 heavy (non-hydrogen) atoms. The van der Waals surface area contributed by atoms with Gasteiger partial charge in [-0.2, -0.15) is 4.31 Å². The number of thiophene rings is 1. The lowest BCUT2D eigenvalue weighted by Gasteiger charge is -2.30. The normalized spacial score (nSPS) is 16.3. The van der Waals surface area contributed by atoms with Crippen molar-refractivity contribution < 1.29 is 17.9 Å². The minimum absolute atomic E-state index is 0.0218. The van der Waals surface area contributed by atoms with Gasteiger partial charge in [-0.25, -0.2) is 8.42 Å². The Morgan fingerprint density at radius 3 is 2.56 bits per heavy atom. The molecule has 1 fully saturated rings. The fourth-order valence-corrected chi connectivity index (χ4v) is 5.67. The standard InChI is InChI=1S/C19H24N2O4S2/c22-19(20-10-13-25-15-16-5-2-1-3-6-16)17-8-11-21(12-9-17)27(23,24)18-7-4-14-26-18/h1-7,14,17H,8-13,15H2,(H,20,22).